The highest BCUT2D eigenvalue weighted by atomic mass is 16.7. The molecule has 1 aliphatic heterocycles. The van der Waals surface area contributed by atoms with Crippen molar-refractivity contribution in [2.24, 2.45) is 17.3 Å². The molecule has 0 aromatic carbocycles. The second-order valence-electron chi connectivity index (χ2n) is 7.06. The first kappa shape index (κ1) is 16.0. The minimum absolute atomic E-state index is 0.122. The fraction of sp³-hybridized carbons (Fsp3) is 0.889. The van der Waals surface area contributed by atoms with Crippen LogP contribution in [-0.4, -0.2) is 19.0 Å². The van der Waals surface area contributed by atoms with Crippen LogP contribution in [-0.2, 0) is 9.47 Å². The van der Waals surface area contributed by atoms with E-state index in [1.807, 2.05) is 6.08 Å². The SMILES string of the molecule is C=CCCCC(CC)C1CCCC2(OCCO2)C1(C)C. The van der Waals surface area contributed by atoms with Gasteiger partial charge in [0.25, 0.3) is 0 Å². The van der Waals surface area contributed by atoms with Crippen molar-refractivity contribution in [3.8, 4) is 0 Å². The number of ether oxygens (including phenoxy) is 2. The Labute approximate surface area is 124 Å². The van der Waals surface area contributed by atoms with Gasteiger partial charge in [-0.3, -0.25) is 0 Å². The van der Waals surface area contributed by atoms with E-state index in [0.717, 1.165) is 32.0 Å². The molecule has 1 aliphatic carbocycles. The predicted octanol–water partition coefficient (Wildman–Crippen LogP) is 4.94. The Balaban J connectivity index is 2.10. The van der Waals surface area contributed by atoms with E-state index in [-0.39, 0.29) is 11.2 Å². The van der Waals surface area contributed by atoms with Gasteiger partial charge < -0.3 is 9.47 Å². The fourth-order valence-electron chi connectivity index (χ4n) is 4.53. The lowest BCUT2D eigenvalue weighted by Crippen LogP contribution is -2.54. The summed E-state index contributed by atoms with van der Waals surface area (Å²) in [5.74, 6) is 1.20. The van der Waals surface area contributed by atoms with Crippen LogP contribution < -0.4 is 0 Å². The first-order valence-electron chi connectivity index (χ1n) is 8.46. The number of hydrogen-bond donors (Lipinski definition) is 0. The zero-order valence-electron chi connectivity index (χ0n) is 13.6. The van der Waals surface area contributed by atoms with Crippen molar-refractivity contribution in [2.75, 3.05) is 13.2 Å². The smallest absolute Gasteiger partial charge is 0.173 e. The number of rotatable bonds is 6. The lowest BCUT2D eigenvalue weighted by molar-refractivity contribution is -0.268. The molecule has 2 fully saturated rings. The van der Waals surface area contributed by atoms with Gasteiger partial charge in [-0.15, -0.1) is 6.58 Å². The van der Waals surface area contributed by atoms with Crippen LogP contribution in [0.2, 0.25) is 0 Å². The van der Waals surface area contributed by atoms with Crippen LogP contribution in [0.1, 0.15) is 65.7 Å². The number of allylic oxidation sites excluding steroid dienone is 1. The molecule has 116 valence electrons. The van der Waals surface area contributed by atoms with Crippen molar-refractivity contribution in [2.45, 2.75) is 71.5 Å². The van der Waals surface area contributed by atoms with Crippen molar-refractivity contribution in [1.29, 1.82) is 0 Å². The van der Waals surface area contributed by atoms with Crippen molar-refractivity contribution >= 4 is 0 Å². The molecule has 0 amide bonds. The van der Waals surface area contributed by atoms with Gasteiger partial charge in [0.2, 0.25) is 0 Å². The minimum atomic E-state index is -0.304. The van der Waals surface area contributed by atoms with E-state index in [4.69, 9.17) is 9.47 Å². The molecule has 2 nitrogen and oxygen atoms in total. The molecule has 2 atom stereocenters. The highest BCUT2D eigenvalue weighted by Crippen LogP contribution is 2.55. The summed E-state index contributed by atoms with van der Waals surface area (Å²) >= 11 is 0. The standard InChI is InChI=1S/C18H32O2/c1-5-7-8-10-15(6-2)16-11-9-12-18(17(16,3)4)19-13-14-20-18/h5,15-16H,1,6-14H2,2-4H3. The van der Waals surface area contributed by atoms with Crippen LogP contribution in [0, 0.1) is 17.3 Å². The van der Waals surface area contributed by atoms with Crippen molar-refractivity contribution in [1.82, 2.24) is 0 Å². The average Bonchev–Trinajstić information content (AvgIpc) is 2.89. The van der Waals surface area contributed by atoms with Crippen molar-refractivity contribution in [3.63, 3.8) is 0 Å². The maximum atomic E-state index is 6.11. The Morgan fingerprint density at radius 3 is 2.60 bits per heavy atom. The first-order valence-corrected chi connectivity index (χ1v) is 8.46. The number of unbranched alkanes of at least 4 members (excludes halogenated alkanes) is 1. The average molecular weight is 280 g/mol. The largest absolute Gasteiger partial charge is 0.347 e. The highest BCUT2D eigenvalue weighted by Gasteiger charge is 2.56. The molecule has 0 N–H and O–H groups in total. The van der Waals surface area contributed by atoms with E-state index in [0.29, 0.717) is 5.92 Å². The van der Waals surface area contributed by atoms with Crippen molar-refractivity contribution in [3.05, 3.63) is 12.7 Å². The van der Waals surface area contributed by atoms with Crippen LogP contribution in [0.15, 0.2) is 12.7 Å². The monoisotopic (exact) mass is 280 g/mol. The van der Waals surface area contributed by atoms with E-state index in [1.54, 1.807) is 0 Å². The second-order valence-corrected chi connectivity index (χ2v) is 7.06. The fourth-order valence-corrected chi connectivity index (χ4v) is 4.53. The van der Waals surface area contributed by atoms with E-state index >= 15 is 0 Å². The van der Waals surface area contributed by atoms with E-state index in [1.165, 1.54) is 32.1 Å². The zero-order valence-corrected chi connectivity index (χ0v) is 13.6. The molecule has 2 heteroatoms. The Kier molecular flexibility index (Phi) is 5.30. The first-order chi connectivity index (χ1) is 9.57. The van der Waals surface area contributed by atoms with Crippen LogP contribution in [0.4, 0.5) is 0 Å². The summed E-state index contributed by atoms with van der Waals surface area (Å²) in [4.78, 5) is 0. The molecule has 1 spiro atoms. The molecule has 1 saturated heterocycles. The van der Waals surface area contributed by atoms with Gasteiger partial charge in [0.15, 0.2) is 5.79 Å². The van der Waals surface area contributed by atoms with Gasteiger partial charge >= 0.3 is 0 Å². The minimum Gasteiger partial charge on any atom is -0.347 e. The summed E-state index contributed by atoms with van der Waals surface area (Å²) in [6, 6.07) is 0. The van der Waals surface area contributed by atoms with Crippen LogP contribution in [0.5, 0.6) is 0 Å². The van der Waals surface area contributed by atoms with Gasteiger partial charge in [-0.1, -0.05) is 33.3 Å². The predicted molar refractivity (Wildman–Crippen MR) is 83.6 cm³/mol. The molecule has 1 heterocycles. The molecule has 2 rings (SSSR count). The normalized spacial score (nSPS) is 29.4. The topological polar surface area (TPSA) is 18.5 Å². The summed E-state index contributed by atoms with van der Waals surface area (Å²) in [6.45, 7) is 12.5. The Morgan fingerprint density at radius 1 is 1.30 bits per heavy atom. The van der Waals surface area contributed by atoms with Gasteiger partial charge in [0.05, 0.1) is 13.2 Å². The highest BCUT2D eigenvalue weighted by molar-refractivity contribution is 5.00. The molecule has 0 bridgehead atoms. The van der Waals surface area contributed by atoms with Crippen LogP contribution in [0.25, 0.3) is 0 Å². The molecule has 1 saturated carbocycles. The third kappa shape index (κ3) is 2.82. The van der Waals surface area contributed by atoms with E-state index < -0.39 is 0 Å². The lowest BCUT2D eigenvalue weighted by atomic mass is 9.59. The Bertz CT molecular complexity index is 315. The molecular formula is C18H32O2. The van der Waals surface area contributed by atoms with E-state index in [9.17, 15) is 0 Å². The van der Waals surface area contributed by atoms with Gasteiger partial charge in [0, 0.05) is 11.8 Å². The van der Waals surface area contributed by atoms with Gasteiger partial charge in [-0.2, -0.15) is 0 Å². The molecule has 0 radical (unpaired) electrons. The summed E-state index contributed by atoms with van der Waals surface area (Å²) in [7, 11) is 0. The molecule has 2 aliphatic rings. The van der Waals surface area contributed by atoms with Gasteiger partial charge in [-0.05, 0) is 43.9 Å². The van der Waals surface area contributed by atoms with Gasteiger partial charge in [0.1, 0.15) is 0 Å². The number of hydrogen-bond acceptors (Lipinski definition) is 2. The maximum absolute atomic E-state index is 6.11. The van der Waals surface area contributed by atoms with Crippen molar-refractivity contribution < 1.29 is 9.47 Å². The van der Waals surface area contributed by atoms with Gasteiger partial charge in [-0.25, -0.2) is 0 Å². The summed E-state index contributed by atoms with van der Waals surface area (Å²) in [5, 5.41) is 0. The lowest BCUT2D eigenvalue weighted by Gasteiger charge is -2.53. The van der Waals surface area contributed by atoms with Crippen LogP contribution in [0.3, 0.4) is 0 Å². The summed E-state index contributed by atoms with van der Waals surface area (Å²) in [6.07, 6.45) is 10.7. The Morgan fingerprint density at radius 2 is 2.00 bits per heavy atom. The maximum Gasteiger partial charge on any atom is 0.173 e. The summed E-state index contributed by atoms with van der Waals surface area (Å²) < 4.78 is 12.2. The quantitative estimate of drug-likeness (QED) is 0.507. The zero-order chi connectivity index (χ0) is 14.6. The molecule has 0 aromatic heterocycles. The summed E-state index contributed by atoms with van der Waals surface area (Å²) in [5.41, 5.74) is 0.122. The third-order valence-electron chi connectivity index (χ3n) is 5.76. The molecule has 2 unspecified atom stereocenters. The molecular weight excluding hydrogens is 248 g/mol. The molecule has 0 aromatic rings. The van der Waals surface area contributed by atoms with Crippen LogP contribution >= 0.6 is 0 Å². The third-order valence-corrected chi connectivity index (χ3v) is 5.76. The molecule has 20 heavy (non-hydrogen) atoms. The van der Waals surface area contributed by atoms with E-state index in [2.05, 4.69) is 27.4 Å². The Hall–Kier alpha value is -0.340. The second kappa shape index (κ2) is 6.62.